The van der Waals surface area contributed by atoms with E-state index in [1.54, 1.807) is 12.5 Å². The molecule has 1 aromatic heterocycles. The largest absolute Gasteiger partial charge is 0.468 e. The number of imidazole rings is 1. The second-order valence-electron chi connectivity index (χ2n) is 5.49. The van der Waals surface area contributed by atoms with E-state index in [9.17, 15) is 9.90 Å². The number of benzene rings is 1. The Morgan fingerprint density at radius 3 is 2.82 bits per heavy atom. The zero-order valence-corrected chi connectivity index (χ0v) is 12.4. The van der Waals surface area contributed by atoms with E-state index < -0.39 is 6.10 Å². The summed E-state index contributed by atoms with van der Waals surface area (Å²) in [5.74, 6) is -0.286. The molecular formula is C16H19N3O3. The molecule has 0 saturated carbocycles. The number of methoxy groups -OCH3 is 1. The van der Waals surface area contributed by atoms with Gasteiger partial charge in [-0.25, -0.2) is 4.98 Å². The van der Waals surface area contributed by atoms with E-state index in [4.69, 9.17) is 4.74 Å². The summed E-state index contributed by atoms with van der Waals surface area (Å²) in [4.78, 5) is 17.8. The molecule has 0 radical (unpaired) electrons. The zero-order valence-electron chi connectivity index (χ0n) is 12.4. The Balaban J connectivity index is 1.71. The monoisotopic (exact) mass is 301 g/mol. The first kappa shape index (κ1) is 14.7. The van der Waals surface area contributed by atoms with Crippen molar-refractivity contribution in [3.05, 3.63) is 48.5 Å². The summed E-state index contributed by atoms with van der Waals surface area (Å²) < 4.78 is 6.75. The van der Waals surface area contributed by atoms with Crippen LogP contribution in [0.15, 0.2) is 43.0 Å². The van der Waals surface area contributed by atoms with Crippen LogP contribution in [0.4, 0.5) is 0 Å². The van der Waals surface area contributed by atoms with E-state index in [2.05, 4.69) is 4.98 Å². The number of aromatic nitrogens is 2. The first-order chi connectivity index (χ1) is 10.7. The van der Waals surface area contributed by atoms with Gasteiger partial charge < -0.3 is 14.4 Å². The molecule has 0 spiro atoms. The molecule has 6 heteroatoms. The molecule has 6 nitrogen and oxygen atoms in total. The lowest BCUT2D eigenvalue weighted by Crippen LogP contribution is -2.36. The predicted molar refractivity (Wildman–Crippen MR) is 80.4 cm³/mol. The number of aliphatic hydroxyl groups excluding tert-OH is 1. The fourth-order valence-electron chi connectivity index (χ4n) is 2.86. The average Bonchev–Trinajstić information content (AvgIpc) is 3.17. The van der Waals surface area contributed by atoms with Gasteiger partial charge in [-0.3, -0.25) is 9.69 Å². The predicted octanol–water partition coefficient (Wildman–Crippen LogP) is 0.980. The fourth-order valence-corrected chi connectivity index (χ4v) is 2.86. The summed E-state index contributed by atoms with van der Waals surface area (Å²) in [6, 6.07) is 7.70. The number of ether oxygens (including phenoxy) is 1. The van der Waals surface area contributed by atoms with Crippen molar-refractivity contribution < 1.29 is 14.6 Å². The Labute approximate surface area is 129 Å². The minimum Gasteiger partial charge on any atom is -0.468 e. The molecule has 2 atom stereocenters. The zero-order chi connectivity index (χ0) is 15.5. The van der Waals surface area contributed by atoms with Gasteiger partial charge in [0.15, 0.2) is 0 Å². The van der Waals surface area contributed by atoms with E-state index in [0.29, 0.717) is 19.5 Å². The topological polar surface area (TPSA) is 67.6 Å². The molecular weight excluding hydrogens is 282 g/mol. The smallest absolute Gasteiger partial charge is 0.323 e. The fraction of sp³-hybridized carbons (Fsp3) is 0.375. The Morgan fingerprint density at radius 1 is 1.41 bits per heavy atom. The average molecular weight is 301 g/mol. The van der Waals surface area contributed by atoms with Crippen LogP contribution in [0.1, 0.15) is 12.0 Å². The van der Waals surface area contributed by atoms with Gasteiger partial charge in [-0.15, -0.1) is 0 Å². The highest BCUT2D eigenvalue weighted by Gasteiger charge is 2.36. The number of nitrogens with zero attached hydrogens (tertiary/aromatic N) is 3. The SMILES string of the molecule is COC(=O)[C@@H]1C[C@H](O)CN1Cc1ccc(-n2ccnc2)cc1. The molecule has 116 valence electrons. The van der Waals surface area contributed by atoms with Gasteiger partial charge in [-0.1, -0.05) is 12.1 Å². The number of β-amino-alcohol motifs (C(OH)–C–C–N with tert-alkyl or cyclic N) is 1. The summed E-state index contributed by atoms with van der Waals surface area (Å²) in [7, 11) is 1.38. The minimum absolute atomic E-state index is 0.286. The van der Waals surface area contributed by atoms with Crippen molar-refractivity contribution in [1.29, 1.82) is 0 Å². The standard InChI is InChI=1S/C16H19N3O3/c1-22-16(21)15-8-14(20)10-19(15)9-12-2-4-13(5-3-12)18-7-6-17-11-18/h2-7,11,14-15,20H,8-10H2,1H3/t14-,15-/m0/s1. The van der Waals surface area contributed by atoms with Crippen LogP contribution < -0.4 is 0 Å². The van der Waals surface area contributed by atoms with E-state index in [0.717, 1.165) is 11.3 Å². The van der Waals surface area contributed by atoms with Crippen LogP contribution in [0.5, 0.6) is 0 Å². The Morgan fingerprint density at radius 2 is 2.18 bits per heavy atom. The molecule has 2 heterocycles. The third kappa shape index (κ3) is 3.03. The van der Waals surface area contributed by atoms with Crippen molar-refractivity contribution >= 4 is 5.97 Å². The first-order valence-electron chi connectivity index (χ1n) is 7.24. The van der Waals surface area contributed by atoms with Crippen molar-refractivity contribution in [2.75, 3.05) is 13.7 Å². The number of carbonyl (C=O) groups excluding carboxylic acids is 1. The van der Waals surface area contributed by atoms with Crippen LogP contribution in [0.2, 0.25) is 0 Å². The Bertz CT molecular complexity index is 625. The summed E-state index contributed by atoms with van der Waals surface area (Å²) >= 11 is 0. The number of esters is 1. The van der Waals surface area contributed by atoms with Gasteiger partial charge in [-0.05, 0) is 17.7 Å². The number of hydrogen-bond donors (Lipinski definition) is 1. The van der Waals surface area contributed by atoms with E-state index in [1.165, 1.54) is 7.11 Å². The van der Waals surface area contributed by atoms with Crippen molar-refractivity contribution in [3.8, 4) is 5.69 Å². The van der Waals surface area contributed by atoms with Gasteiger partial charge in [-0.2, -0.15) is 0 Å². The third-order valence-corrected chi connectivity index (χ3v) is 3.98. The van der Waals surface area contributed by atoms with Gasteiger partial charge in [0, 0.05) is 37.6 Å². The summed E-state index contributed by atoms with van der Waals surface area (Å²) in [5, 5.41) is 9.80. The lowest BCUT2D eigenvalue weighted by Gasteiger charge is -2.22. The number of aliphatic hydroxyl groups is 1. The maximum Gasteiger partial charge on any atom is 0.323 e. The molecule has 1 aliphatic heterocycles. The highest BCUT2D eigenvalue weighted by atomic mass is 16.5. The molecule has 0 unspecified atom stereocenters. The third-order valence-electron chi connectivity index (χ3n) is 3.98. The van der Waals surface area contributed by atoms with E-state index in [-0.39, 0.29) is 12.0 Å². The molecule has 2 aromatic rings. The number of rotatable bonds is 4. The molecule has 0 aliphatic carbocycles. The number of likely N-dealkylation sites (tertiary alicyclic amines) is 1. The Hall–Kier alpha value is -2.18. The lowest BCUT2D eigenvalue weighted by atomic mass is 10.1. The van der Waals surface area contributed by atoms with Gasteiger partial charge in [0.1, 0.15) is 6.04 Å². The second kappa shape index (κ2) is 6.29. The van der Waals surface area contributed by atoms with Crippen molar-refractivity contribution in [2.45, 2.75) is 25.1 Å². The quantitative estimate of drug-likeness (QED) is 0.853. The lowest BCUT2D eigenvalue weighted by molar-refractivity contribution is -0.146. The summed E-state index contributed by atoms with van der Waals surface area (Å²) in [6.07, 6.45) is 5.33. The van der Waals surface area contributed by atoms with Crippen LogP contribution in [0, 0.1) is 0 Å². The number of carbonyl (C=O) groups is 1. The Kier molecular flexibility index (Phi) is 4.22. The maximum absolute atomic E-state index is 11.8. The minimum atomic E-state index is -0.477. The van der Waals surface area contributed by atoms with Crippen LogP contribution in [0.25, 0.3) is 5.69 Å². The molecule has 0 bridgehead atoms. The molecule has 3 rings (SSSR count). The van der Waals surface area contributed by atoms with Crippen LogP contribution in [-0.4, -0.2) is 51.3 Å². The molecule has 1 N–H and O–H groups in total. The van der Waals surface area contributed by atoms with Crippen LogP contribution in [-0.2, 0) is 16.1 Å². The van der Waals surface area contributed by atoms with Gasteiger partial charge in [0.2, 0.25) is 0 Å². The first-order valence-corrected chi connectivity index (χ1v) is 7.24. The van der Waals surface area contributed by atoms with Crippen LogP contribution in [0.3, 0.4) is 0 Å². The molecule has 0 amide bonds. The van der Waals surface area contributed by atoms with Gasteiger partial charge in [0.25, 0.3) is 0 Å². The molecule has 22 heavy (non-hydrogen) atoms. The summed E-state index contributed by atoms with van der Waals surface area (Å²) in [5.41, 5.74) is 2.12. The van der Waals surface area contributed by atoms with Gasteiger partial charge in [0.05, 0.1) is 19.5 Å². The van der Waals surface area contributed by atoms with E-state index >= 15 is 0 Å². The molecule has 1 aromatic carbocycles. The van der Waals surface area contributed by atoms with Crippen LogP contribution >= 0.6 is 0 Å². The van der Waals surface area contributed by atoms with Crippen molar-refractivity contribution in [2.24, 2.45) is 0 Å². The summed E-state index contributed by atoms with van der Waals surface area (Å²) in [6.45, 7) is 1.10. The number of hydrogen-bond acceptors (Lipinski definition) is 5. The maximum atomic E-state index is 11.8. The van der Waals surface area contributed by atoms with Crippen molar-refractivity contribution in [1.82, 2.24) is 14.5 Å². The highest BCUT2D eigenvalue weighted by Crippen LogP contribution is 2.22. The normalized spacial score (nSPS) is 21.9. The van der Waals surface area contributed by atoms with Crippen molar-refractivity contribution in [3.63, 3.8) is 0 Å². The van der Waals surface area contributed by atoms with Gasteiger partial charge >= 0.3 is 5.97 Å². The molecule has 1 fully saturated rings. The van der Waals surface area contributed by atoms with E-state index in [1.807, 2.05) is 39.9 Å². The second-order valence-corrected chi connectivity index (χ2v) is 5.49. The highest BCUT2D eigenvalue weighted by molar-refractivity contribution is 5.76. The molecule has 1 aliphatic rings. The molecule has 1 saturated heterocycles.